The number of amides is 1. The molecular weight excluding hydrogens is 324 g/mol. The molecule has 1 amide bonds. The number of rotatable bonds is 6. The van der Waals surface area contributed by atoms with Crippen molar-refractivity contribution in [2.45, 2.75) is 89.7 Å². The van der Waals surface area contributed by atoms with Gasteiger partial charge in [-0.25, -0.2) is 0 Å². The Morgan fingerprint density at radius 2 is 1.70 bits per heavy atom. The first-order chi connectivity index (χ1) is 10.1. The third kappa shape index (κ3) is 7.73. The molecule has 0 fully saturated rings. The molecule has 0 aromatic carbocycles. The lowest BCUT2D eigenvalue weighted by Crippen LogP contribution is -2.49. The highest BCUT2D eigenvalue weighted by Crippen LogP contribution is 2.39. The predicted octanol–water partition coefficient (Wildman–Crippen LogP) is 4.53. The summed E-state index contributed by atoms with van der Waals surface area (Å²) in [5.41, 5.74) is 0. The summed E-state index contributed by atoms with van der Waals surface area (Å²) in [5, 5.41) is 12.4. The Morgan fingerprint density at radius 1 is 1.22 bits per heavy atom. The molecule has 23 heavy (non-hydrogen) atoms. The molecule has 134 valence electrons. The zero-order chi connectivity index (χ0) is 18.6. The number of nitrogens with zero attached hydrogens (tertiary/aromatic N) is 1. The minimum absolute atomic E-state index is 0.0566. The van der Waals surface area contributed by atoms with Gasteiger partial charge in [0.15, 0.2) is 8.32 Å². The SMILES string of the molecule is CC(=O)N[C@@H](SC(C)(C)C)[C@H](C#N)[C@@H](C)O[Si](C)(C)C(C)(C)C. The van der Waals surface area contributed by atoms with E-state index in [2.05, 4.69) is 66.0 Å². The number of hydrogen-bond donors (Lipinski definition) is 1. The van der Waals surface area contributed by atoms with Crippen molar-refractivity contribution >= 4 is 26.0 Å². The van der Waals surface area contributed by atoms with Gasteiger partial charge in [0.2, 0.25) is 5.91 Å². The first-order valence-electron chi connectivity index (χ1n) is 8.13. The van der Waals surface area contributed by atoms with E-state index in [1.165, 1.54) is 6.92 Å². The third-order valence-electron chi connectivity index (χ3n) is 4.09. The molecule has 0 heterocycles. The van der Waals surface area contributed by atoms with Crippen LogP contribution in [0.15, 0.2) is 0 Å². The Labute approximate surface area is 147 Å². The van der Waals surface area contributed by atoms with Crippen LogP contribution in [0.25, 0.3) is 0 Å². The molecule has 0 aliphatic heterocycles. The lowest BCUT2D eigenvalue weighted by Gasteiger charge is -2.41. The van der Waals surface area contributed by atoms with Crippen molar-refractivity contribution in [2.24, 2.45) is 5.92 Å². The number of hydrogen-bond acceptors (Lipinski definition) is 4. The smallest absolute Gasteiger partial charge is 0.217 e. The van der Waals surface area contributed by atoms with Crippen molar-refractivity contribution in [1.29, 1.82) is 5.26 Å². The van der Waals surface area contributed by atoms with Crippen molar-refractivity contribution in [1.82, 2.24) is 5.32 Å². The molecule has 3 atom stereocenters. The van der Waals surface area contributed by atoms with Crippen LogP contribution in [0, 0.1) is 17.2 Å². The highest BCUT2D eigenvalue weighted by atomic mass is 32.2. The molecule has 0 spiro atoms. The van der Waals surface area contributed by atoms with E-state index in [-0.39, 0.29) is 27.2 Å². The number of nitrogens with one attached hydrogen (secondary N) is 1. The molecule has 0 saturated heterocycles. The molecule has 6 heteroatoms. The molecule has 0 rings (SSSR count). The third-order valence-corrected chi connectivity index (χ3v) is 10.0. The Bertz CT molecular complexity index is 447. The van der Waals surface area contributed by atoms with Gasteiger partial charge in [0.25, 0.3) is 0 Å². The Balaban J connectivity index is 5.33. The van der Waals surface area contributed by atoms with E-state index >= 15 is 0 Å². The van der Waals surface area contributed by atoms with Crippen LogP contribution >= 0.6 is 11.8 Å². The number of carbonyl (C=O) groups is 1. The molecule has 0 aromatic rings. The van der Waals surface area contributed by atoms with Crippen molar-refractivity contribution in [3.8, 4) is 6.07 Å². The van der Waals surface area contributed by atoms with Crippen LogP contribution in [0.1, 0.15) is 55.4 Å². The van der Waals surface area contributed by atoms with E-state index in [1.54, 1.807) is 11.8 Å². The van der Waals surface area contributed by atoms with Gasteiger partial charge in [-0.1, -0.05) is 41.5 Å². The van der Waals surface area contributed by atoms with Gasteiger partial charge < -0.3 is 9.74 Å². The predicted molar refractivity (Wildman–Crippen MR) is 102 cm³/mol. The Kier molecular flexibility index (Phi) is 7.86. The summed E-state index contributed by atoms with van der Waals surface area (Å²) in [4.78, 5) is 11.6. The van der Waals surface area contributed by atoms with E-state index < -0.39 is 14.2 Å². The zero-order valence-corrected chi connectivity index (χ0v) is 18.2. The number of thioether (sulfide) groups is 1. The summed E-state index contributed by atoms with van der Waals surface area (Å²) >= 11 is 1.61. The average Bonchev–Trinajstić information content (AvgIpc) is 2.23. The zero-order valence-electron chi connectivity index (χ0n) is 16.4. The minimum Gasteiger partial charge on any atom is -0.413 e. The molecule has 0 unspecified atom stereocenters. The lowest BCUT2D eigenvalue weighted by molar-refractivity contribution is -0.119. The second-order valence-corrected chi connectivity index (χ2v) is 15.3. The van der Waals surface area contributed by atoms with E-state index in [9.17, 15) is 10.1 Å². The quantitative estimate of drug-likeness (QED) is 0.559. The number of nitriles is 1. The molecule has 0 aliphatic rings. The minimum atomic E-state index is -1.96. The van der Waals surface area contributed by atoms with Crippen LogP contribution in [0.4, 0.5) is 0 Å². The maximum Gasteiger partial charge on any atom is 0.217 e. The molecule has 0 bridgehead atoms. The highest BCUT2D eigenvalue weighted by molar-refractivity contribution is 8.01. The Morgan fingerprint density at radius 3 is 2.00 bits per heavy atom. The van der Waals surface area contributed by atoms with E-state index in [0.717, 1.165) is 0 Å². The van der Waals surface area contributed by atoms with Crippen molar-refractivity contribution in [2.75, 3.05) is 0 Å². The van der Waals surface area contributed by atoms with Gasteiger partial charge in [0, 0.05) is 11.7 Å². The second kappa shape index (κ2) is 8.04. The topological polar surface area (TPSA) is 62.1 Å². The first kappa shape index (κ1) is 22.5. The van der Waals surface area contributed by atoms with E-state index in [4.69, 9.17) is 4.43 Å². The maximum absolute atomic E-state index is 11.6. The van der Waals surface area contributed by atoms with Gasteiger partial charge in [0.1, 0.15) is 5.92 Å². The second-order valence-electron chi connectivity index (χ2n) is 8.59. The summed E-state index contributed by atoms with van der Waals surface area (Å²) in [7, 11) is -1.96. The van der Waals surface area contributed by atoms with Gasteiger partial charge in [-0.05, 0) is 25.1 Å². The fourth-order valence-corrected chi connectivity index (χ4v) is 4.75. The van der Waals surface area contributed by atoms with Crippen molar-refractivity contribution in [3.63, 3.8) is 0 Å². The lowest BCUT2D eigenvalue weighted by atomic mass is 10.1. The van der Waals surface area contributed by atoms with Crippen LogP contribution in [0.3, 0.4) is 0 Å². The maximum atomic E-state index is 11.6. The fourth-order valence-electron chi connectivity index (χ4n) is 1.91. The summed E-state index contributed by atoms with van der Waals surface area (Å²) in [5.74, 6) is -0.510. The summed E-state index contributed by atoms with van der Waals surface area (Å²) < 4.78 is 6.33. The Hall–Kier alpha value is -0.513. The first-order valence-corrected chi connectivity index (χ1v) is 11.9. The fraction of sp³-hybridized carbons (Fsp3) is 0.882. The van der Waals surface area contributed by atoms with Gasteiger partial charge >= 0.3 is 0 Å². The van der Waals surface area contributed by atoms with Crippen molar-refractivity contribution < 1.29 is 9.22 Å². The van der Waals surface area contributed by atoms with E-state index in [1.807, 2.05) is 6.92 Å². The average molecular weight is 359 g/mol. The standard InChI is InChI=1S/C17H34N2O2SSi/c1-12(21-23(9,10)17(6,7)8)14(11-18)15(19-13(2)20)22-16(3,4)5/h12,14-15H,1-10H3,(H,19,20)/t12-,14-,15+/m1/s1. The molecule has 1 N–H and O–H groups in total. The van der Waals surface area contributed by atoms with Crippen LogP contribution in [0.5, 0.6) is 0 Å². The summed E-state index contributed by atoms with van der Waals surface area (Å²) in [6.07, 6.45) is -0.229. The molecule has 4 nitrogen and oxygen atoms in total. The molecular formula is C17H34N2O2SSi. The van der Waals surface area contributed by atoms with Gasteiger partial charge in [-0.15, -0.1) is 11.8 Å². The van der Waals surface area contributed by atoms with Gasteiger partial charge in [0.05, 0.1) is 17.5 Å². The summed E-state index contributed by atoms with van der Waals surface area (Å²) in [6, 6.07) is 2.37. The normalized spacial score (nSPS) is 17.1. The highest BCUT2D eigenvalue weighted by Gasteiger charge is 2.41. The molecule has 0 aliphatic carbocycles. The molecule has 0 aromatic heterocycles. The van der Waals surface area contributed by atoms with Crippen LogP contribution in [-0.4, -0.2) is 30.4 Å². The van der Waals surface area contributed by atoms with Gasteiger partial charge in [-0.2, -0.15) is 5.26 Å². The van der Waals surface area contributed by atoms with Crippen molar-refractivity contribution in [3.05, 3.63) is 0 Å². The molecule has 0 radical (unpaired) electrons. The number of carbonyl (C=O) groups excluding carboxylic acids is 1. The van der Waals surface area contributed by atoms with Crippen LogP contribution in [0.2, 0.25) is 18.1 Å². The van der Waals surface area contributed by atoms with Crippen LogP contribution in [-0.2, 0) is 9.22 Å². The van der Waals surface area contributed by atoms with Crippen LogP contribution < -0.4 is 5.32 Å². The van der Waals surface area contributed by atoms with E-state index in [0.29, 0.717) is 0 Å². The largest absolute Gasteiger partial charge is 0.413 e. The monoisotopic (exact) mass is 358 g/mol. The summed E-state index contributed by atoms with van der Waals surface area (Å²) in [6.45, 7) is 20.6. The van der Waals surface area contributed by atoms with Gasteiger partial charge in [-0.3, -0.25) is 4.79 Å². The molecule has 0 saturated carbocycles.